The summed E-state index contributed by atoms with van der Waals surface area (Å²) in [5.74, 6) is -1.17. The van der Waals surface area contributed by atoms with Gasteiger partial charge < -0.3 is 14.6 Å². The molecule has 0 fully saturated rings. The van der Waals surface area contributed by atoms with Crippen LogP contribution < -0.4 is 4.74 Å². The lowest BCUT2D eigenvalue weighted by Gasteiger charge is -2.38. The SMILES string of the molecule is CCCOC(c1ccccc1)(c1ccccc1)[C@H](Oc1nc(C)cc(C)n1)C(=O)O. The highest BCUT2D eigenvalue weighted by Crippen LogP contribution is 2.39. The molecule has 1 N–H and O–H groups in total. The summed E-state index contributed by atoms with van der Waals surface area (Å²) in [6.07, 6.45) is -0.691. The number of carboxylic acids is 1. The van der Waals surface area contributed by atoms with Gasteiger partial charge >= 0.3 is 12.0 Å². The zero-order chi connectivity index (χ0) is 21.6. The first kappa shape index (κ1) is 21.5. The van der Waals surface area contributed by atoms with Gasteiger partial charge in [0.2, 0.25) is 6.10 Å². The second-order valence-corrected chi connectivity index (χ2v) is 7.09. The Balaban J connectivity index is 2.22. The summed E-state index contributed by atoms with van der Waals surface area (Å²) in [5, 5.41) is 10.3. The van der Waals surface area contributed by atoms with Crippen molar-refractivity contribution in [3.05, 3.63) is 89.2 Å². The zero-order valence-electron chi connectivity index (χ0n) is 17.4. The lowest BCUT2D eigenvalue weighted by molar-refractivity contribution is -0.164. The maximum atomic E-state index is 12.6. The Labute approximate surface area is 176 Å². The molecule has 156 valence electrons. The molecule has 0 saturated carbocycles. The molecule has 0 spiro atoms. The number of hydrogen-bond donors (Lipinski definition) is 1. The number of aromatic nitrogens is 2. The number of carbonyl (C=O) groups is 1. The molecule has 0 radical (unpaired) electrons. The lowest BCUT2D eigenvalue weighted by atomic mass is 9.81. The fourth-order valence-corrected chi connectivity index (χ4v) is 3.51. The minimum Gasteiger partial charge on any atom is -0.478 e. The Bertz CT molecular complexity index is 917. The first-order chi connectivity index (χ1) is 14.5. The average Bonchev–Trinajstić information content (AvgIpc) is 2.74. The van der Waals surface area contributed by atoms with Crippen LogP contribution in [0, 0.1) is 13.8 Å². The van der Waals surface area contributed by atoms with Gasteiger partial charge in [0.05, 0.1) is 0 Å². The van der Waals surface area contributed by atoms with E-state index >= 15 is 0 Å². The Morgan fingerprint density at radius 1 is 0.967 bits per heavy atom. The Hall–Kier alpha value is -3.25. The molecule has 6 nitrogen and oxygen atoms in total. The largest absolute Gasteiger partial charge is 0.478 e. The third-order valence-corrected chi connectivity index (χ3v) is 4.72. The van der Waals surface area contributed by atoms with Crippen LogP contribution in [0.2, 0.25) is 0 Å². The van der Waals surface area contributed by atoms with Crippen LogP contribution in [0.5, 0.6) is 6.01 Å². The number of carboxylic acid groups (broad SMARTS) is 1. The molecular weight excluding hydrogens is 380 g/mol. The van der Waals surface area contributed by atoms with Gasteiger partial charge in [-0.1, -0.05) is 67.6 Å². The molecule has 3 aromatic rings. The van der Waals surface area contributed by atoms with E-state index in [1.54, 1.807) is 6.07 Å². The molecular formula is C24H26N2O4. The Morgan fingerprint density at radius 3 is 1.90 bits per heavy atom. The number of aryl methyl sites for hydroxylation is 2. The summed E-state index contributed by atoms with van der Waals surface area (Å²) in [7, 11) is 0. The van der Waals surface area contributed by atoms with Crippen molar-refractivity contribution in [1.82, 2.24) is 9.97 Å². The third kappa shape index (κ3) is 4.49. The Kier molecular flexibility index (Phi) is 6.79. The summed E-state index contributed by atoms with van der Waals surface area (Å²) in [6.45, 7) is 5.95. The molecule has 1 aromatic heterocycles. The van der Waals surface area contributed by atoms with E-state index in [9.17, 15) is 9.90 Å². The third-order valence-electron chi connectivity index (χ3n) is 4.72. The van der Waals surface area contributed by atoms with Crippen molar-refractivity contribution in [1.29, 1.82) is 0 Å². The minimum atomic E-state index is -1.41. The molecule has 0 unspecified atom stereocenters. The normalized spacial score (nSPS) is 12.4. The summed E-state index contributed by atoms with van der Waals surface area (Å²) in [5.41, 5.74) is 1.37. The predicted octanol–water partition coefficient (Wildman–Crippen LogP) is 4.30. The molecule has 0 aliphatic carbocycles. The van der Waals surface area contributed by atoms with Crippen molar-refractivity contribution in [2.45, 2.75) is 38.9 Å². The van der Waals surface area contributed by atoms with E-state index < -0.39 is 17.7 Å². The van der Waals surface area contributed by atoms with Crippen molar-refractivity contribution in [2.75, 3.05) is 6.61 Å². The molecule has 30 heavy (non-hydrogen) atoms. The maximum absolute atomic E-state index is 12.6. The second-order valence-electron chi connectivity index (χ2n) is 7.09. The minimum absolute atomic E-state index is 0.0104. The quantitative estimate of drug-likeness (QED) is 0.571. The van der Waals surface area contributed by atoms with Crippen LogP contribution in [0.4, 0.5) is 0 Å². The summed E-state index contributed by atoms with van der Waals surface area (Å²) in [4.78, 5) is 21.1. The Morgan fingerprint density at radius 2 is 1.47 bits per heavy atom. The topological polar surface area (TPSA) is 81.5 Å². The lowest BCUT2D eigenvalue weighted by Crippen LogP contribution is -2.51. The van der Waals surface area contributed by atoms with Crippen molar-refractivity contribution in [3.8, 4) is 6.01 Å². The standard InChI is InChI=1S/C24H26N2O4/c1-4-15-29-24(19-11-7-5-8-12-19,20-13-9-6-10-14-20)21(22(27)28)30-23-25-17(2)16-18(3)26-23/h5-14,16,21H,4,15H2,1-3H3,(H,27,28)/t21-/m1/s1. The highest BCUT2D eigenvalue weighted by molar-refractivity contribution is 5.76. The van der Waals surface area contributed by atoms with Gasteiger partial charge in [0.1, 0.15) is 0 Å². The fourth-order valence-electron chi connectivity index (χ4n) is 3.51. The van der Waals surface area contributed by atoms with Gasteiger partial charge in [0.25, 0.3) is 0 Å². The first-order valence-electron chi connectivity index (χ1n) is 9.94. The van der Waals surface area contributed by atoms with E-state index in [4.69, 9.17) is 9.47 Å². The van der Waals surface area contributed by atoms with Crippen LogP contribution in [0.3, 0.4) is 0 Å². The predicted molar refractivity (Wildman–Crippen MR) is 113 cm³/mol. The number of rotatable bonds is 9. The molecule has 0 aliphatic heterocycles. The van der Waals surface area contributed by atoms with Crippen LogP contribution in [0.15, 0.2) is 66.7 Å². The van der Waals surface area contributed by atoms with Gasteiger partial charge in [-0.3, -0.25) is 0 Å². The summed E-state index contributed by atoms with van der Waals surface area (Å²) in [6, 6.07) is 20.4. The molecule has 0 aliphatic rings. The molecule has 0 bridgehead atoms. The highest BCUT2D eigenvalue weighted by Gasteiger charge is 2.50. The second kappa shape index (κ2) is 9.50. The molecule has 0 saturated heterocycles. The van der Waals surface area contributed by atoms with E-state index in [1.165, 1.54) is 0 Å². The smallest absolute Gasteiger partial charge is 0.348 e. The van der Waals surface area contributed by atoms with Crippen LogP contribution >= 0.6 is 0 Å². The number of nitrogens with zero attached hydrogens (tertiary/aromatic N) is 2. The molecule has 2 aromatic carbocycles. The monoisotopic (exact) mass is 406 g/mol. The average molecular weight is 406 g/mol. The van der Waals surface area contributed by atoms with Gasteiger partial charge in [-0.05, 0) is 37.5 Å². The number of aliphatic carboxylic acids is 1. The summed E-state index contributed by atoms with van der Waals surface area (Å²) < 4.78 is 12.3. The van der Waals surface area contributed by atoms with Crippen molar-refractivity contribution >= 4 is 5.97 Å². The molecule has 6 heteroatoms. The van der Waals surface area contributed by atoms with E-state index in [-0.39, 0.29) is 6.01 Å². The van der Waals surface area contributed by atoms with E-state index in [1.807, 2.05) is 81.4 Å². The van der Waals surface area contributed by atoms with Crippen LogP contribution in [-0.4, -0.2) is 33.8 Å². The van der Waals surface area contributed by atoms with Crippen molar-refractivity contribution in [2.24, 2.45) is 0 Å². The highest BCUT2D eigenvalue weighted by atomic mass is 16.6. The fraction of sp³-hybridized carbons (Fsp3) is 0.292. The molecule has 1 atom stereocenters. The van der Waals surface area contributed by atoms with Gasteiger partial charge in [0, 0.05) is 18.0 Å². The molecule has 1 heterocycles. The van der Waals surface area contributed by atoms with E-state index in [0.717, 1.165) is 0 Å². The number of hydrogen-bond acceptors (Lipinski definition) is 5. The van der Waals surface area contributed by atoms with Gasteiger partial charge in [-0.2, -0.15) is 0 Å². The van der Waals surface area contributed by atoms with E-state index in [2.05, 4.69) is 9.97 Å². The zero-order valence-corrected chi connectivity index (χ0v) is 17.4. The van der Waals surface area contributed by atoms with Crippen LogP contribution in [0.25, 0.3) is 0 Å². The first-order valence-corrected chi connectivity index (χ1v) is 9.94. The van der Waals surface area contributed by atoms with Crippen LogP contribution in [0.1, 0.15) is 35.9 Å². The van der Waals surface area contributed by atoms with Crippen molar-refractivity contribution in [3.63, 3.8) is 0 Å². The van der Waals surface area contributed by atoms with Gasteiger partial charge in [-0.25, -0.2) is 14.8 Å². The maximum Gasteiger partial charge on any atom is 0.348 e. The van der Waals surface area contributed by atoms with Crippen LogP contribution in [-0.2, 0) is 15.1 Å². The summed E-state index contributed by atoms with van der Waals surface area (Å²) >= 11 is 0. The number of ether oxygens (including phenoxy) is 2. The van der Waals surface area contributed by atoms with Gasteiger partial charge in [0.15, 0.2) is 5.60 Å². The molecule has 0 amide bonds. The van der Waals surface area contributed by atoms with Crippen molar-refractivity contribution < 1.29 is 19.4 Å². The van der Waals surface area contributed by atoms with E-state index in [0.29, 0.717) is 35.5 Å². The van der Waals surface area contributed by atoms with Gasteiger partial charge in [-0.15, -0.1) is 0 Å². The molecule has 3 rings (SSSR count). The number of benzene rings is 2.